The van der Waals surface area contributed by atoms with E-state index in [1.54, 1.807) is 12.4 Å². The molecule has 0 atom stereocenters. The van der Waals surface area contributed by atoms with Gasteiger partial charge in [-0.15, -0.1) is 0 Å². The fourth-order valence-electron chi connectivity index (χ4n) is 2.31. The fourth-order valence-corrected chi connectivity index (χ4v) is 2.31. The number of hydrogen-bond donors (Lipinski definition) is 1. The molecule has 1 heterocycles. The van der Waals surface area contributed by atoms with Crippen molar-refractivity contribution in [3.8, 4) is 5.69 Å². The molecule has 0 radical (unpaired) electrons. The number of carbonyl (C=O) groups is 1. The van der Waals surface area contributed by atoms with E-state index < -0.39 is 0 Å². The number of benzene rings is 2. The summed E-state index contributed by atoms with van der Waals surface area (Å²) in [7, 11) is 0. The normalized spacial score (nSPS) is 11.5. The number of amides is 1. The van der Waals surface area contributed by atoms with Crippen LogP contribution in [0.1, 0.15) is 6.92 Å². The largest absolute Gasteiger partial charge is 0.323 e. The average molecular weight is 303 g/mol. The van der Waals surface area contributed by atoms with Crippen LogP contribution < -0.4 is 5.32 Å². The first-order chi connectivity index (χ1) is 11.3. The van der Waals surface area contributed by atoms with E-state index in [0.717, 1.165) is 22.4 Å². The van der Waals surface area contributed by atoms with E-state index in [2.05, 4.69) is 10.3 Å². The molecule has 4 heteroatoms. The highest BCUT2D eigenvalue weighted by molar-refractivity contribution is 5.99. The Labute approximate surface area is 134 Å². The highest BCUT2D eigenvalue weighted by Crippen LogP contribution is 2.19. The van der Waals surface area contributed by atoms with E-state index in [-0.39, 0.29) is 5.91 Å². The SMILES string of the molecule is CC=CC=CC(=O)Nc1ccc(-n2cnc3ccccc32)cc1. The van der Waals surface area contributed by atoms with Gasteiger partial charge in [-0.25, -0.2) is 4.98 Å². The molecular weight excluding hydrogens is 286 g/mol. The summed E-state index contributed by atoms with van der Waals surface area (Å²) in [5, 5.41) is 2.83. The molecule has 0 saturated heterocycles. The Morgan fingerprint density at radius 3 is 2.65 bits per heavy atom. The summed E-state index contributed by atoms with van der Waals surface area (Å²) < 4.78 is 2.02. The molecule has 0 fully saturated rings. The van der Waals surface area contributed by atoms with Crippen molar-refractivity contribution in [2.45, 2.75) is 6.92 Å². The summed E-state index contributed by atoms with van der Waals surface area (Å²) in [6.45, 7) is 1.90. The third-order valence-electron chi connectivity index (χ3n) is 3.42. The van der Waals surface area contributed by atoms with Crippen molar-refractivity contribution >= 4 is 22.6 Å². The maximum absolute atomic E-state index is 11.7. The molecule has 23 heavy (non-hydrogen) atoms. The zero-order valence-electron chi connectivity index (χ0n) is 12.8. The number of rotatable bonds is 4. The quantitative estimate of drug-likeness (QED) is 0.583. The summed E-state index contributed by atoms with van der Waals surface area (Å²) in [6, 6.07) is 15.7. The Balaban J connectivity index is 1.78. The monoisotopic (exact) mass is 303 g/mol. The Morgan fingerprint density at radius 2 is 1.87 bits per heavy atom. The molecule has 0 saturated carbocycles. The van der Waals surface area contributed by atoms with Crippen LogP contribution in [0.5, 0.6) is 0 Å². The van der Waals surface area contributed by atoms with E-state index in [1.165, 1.54) is 6.08 Å². The van der Waals surface area contributed by atoms with Gasteiger partial charge in [0, 0.05) is 17.5 Å². The van der Waals surface area contributed by atoms with E-state index >= 15 is 0 Å². The number of imidazole rings is 1. The molecule has 3 rings (SSSR count). The van der Waals surface area contributed by atoms with Crippen LogP contribution in [0.25, 0.3) is 16.7 Å². The lowest BCUT2D eigenvalue weighted by Crippen LogP contribution is -2.07. The second kappa shape index (κ2) is 6.75. The van der Waals surface area contributed by atoms with Crippen LogP contribution in [0, 0.1) is 0 Å². The lowest BCUT2D eigenvalue weighted by molar-refractivity contribution is -0.111. The molecule has 0 bridgehead atoms. The highest BCUT2D eigenvalue weighted by atomic mass is 16.1. The number of nitrogens with one attached hydrogen (secondary N) is 1. The predicted octanol–water partition coefficient (Wildman–Crippen LogP) is 4.10. The Bertz CT molecular complexity index is 873. The van der Waals surface area contributed by atoms with Gasteiger partial charge in [0.05, 0.1) is 11.0 Å². The van der Waals surface area contributed by atoms with Gasteiger partial charge < -0.3 is 5.32 Å². The molecule has 0 aliphatic heterocycles. The fraction of sp³-hybridized carbons (Fsp3) is 0.0526. The lowest BCUT2D eigenvalue weighted by atomic mass is 10.2. The second-order valence-corrected chi connectivity index (χ2v) is 5.02. The summed E-state index contributed by atoms with van der Waals surface area (Å²) >= 11 is 0. The molecule has 0 spiro atoms. The Morgan fingerprint density at radius 1 is 1.09 bits per heavy atom. The van der Waals surface area contributed by atoms with Gasteiger partial charge in [-0.05, 0) is 43.3 Å². The lowest BCUT2D eigenvalue weighted by Gasteiger charge is -2.06. The average Bonchev–Trinajstić information content (AvgIpc) is 3.00. The molecule has 114 valence electrons. The molecular formula is C19H17N3O. The van der Waals surface area contributed by atoms with Gasteiger partial charge in [0.2, 0.25) is 5.91 Å². The minimum absolute atomic E-state index is 0.149. The van der Waals surface area contributed by atoms with E-state index in [1.807, 2.05) is 72.2 Å². The van der Waals surface area contributed by atoms with Crippen LogP contribution in [0.2, 0.25) is 0 Å². The highest BCUT2D eigenvalue weighted by Gasteiger charge is 2.04. The zero-order valence-corrected chi connectivity index (χ0v) is 12.8. The van der Waals surface area contributed by atoms with Crippen molar-refractivity contribution in [3.05, 3.63) is 79.2 Å². The second-order valence-electron chi connectivity index (χ2n) is 5.02. The van der Waals surface area contributed by atoms with E-state index in [9.17, 15) is 4.79 Å². The molecule has 1 N–H and O–H groups in total. The number of para-hydroxylation sites is 2. The van der Waals surface area contributed by atoms with Gasteiger partial charge in [-0.3, -0.25) is 9.36 Å². The summed E-state index contributed by atoms with van der Waals surface area (Å²) in [5.41, 5.74) is 3.77. The third-order valence-corrected chi connectivity index (χ3v) is 3.42. The minimum Gasteiger partial charge on any atom is -0.323 e. The molecule has 0 unspecified atom stereocenters. The van der Waals surface area contributed by atoms with Crippen LogP contribution in [-0.2, 0) is 4.79 Å². The van der Waals surface area contributed by atoms with Crippen LogP contribution >= 0.6 is 0 Å². The topological polar surface area (TPSA) is 46.9 Å². The number of nitrogens with zero attached hydrogens (tertiary/aromatic N) is 2. The first-order valence-electron chi connectivity index (χ1n) is 7.41. The molecule has 3 aromatic rings. The summed E-state index contributed by atoms with van der Waals surface area (Å²) in [4.78, 5) is 16.1. The number of carbonyl (C=O) groups excluding carboxylic acids is 1. The zero-order chi connectivity index (χ0) is 16.1. The van der Waals surface area contributed by atoms with E-state index in [4.69, 9.17) is 0 Å². The summed E-state index contributed by atoms with van der Waals surface area (Å²) in [6.07, 6.45) is 8.69. The van der Waals surface area contributed by atoms with Crippen molar-refractivity contribution < 1.29 is 4.79 Å². The van der Waals surface area contributed by atoms with Crippen LogP contribution in [0.3, 0.4) is 0 Å². The van der Waals surface area contributed by atoms with Gasteiger partial charge in [0.25, 0.3) is 0 Å². The van der Waals surface area contributed by atoms with E-state index in [0.29, 0.717) is 0 Å². The molecule has 1 aromatic heterocycles. The van der Waals surface area contributed by atoms with Crippen LogP contribution in [0.4, 0.5) is 5.69 Å². The van der Waals surface area contributed by atoms with Gasteiger partial charge in [0.1, 0.15) is 6.33 Å². The van der Waals surface area contributed by atoms with Crippen LogP contribution in [-0.4, -0.2) is 15.5 Å². The standard InChI is InChI=1S/C19H17N3O/c1-2-3-4-9-19(23)21-15-10-12-16(13-11-15)22-14-20-17-7-5-6-8-18(17)22/h2-14H,1H3,(H,21,23). The Kier molecular flexibility index (Phi) is 4.34. The van der Waals surface area contributed by atoms with Crippen LogP contribution in [0.15, 0.2) is 79.2 Å². The predicted molar refractivity (Wildman–Crippen MR) is 93.7 cm³/mol. The van der Waals surface area contributed by atoms with Crippen molar-refractivity contribution in [1.82, 2.24) is 9.55 Å². The number of aromatic nitrogens is 2. The molecule has 4 nitrogen and oxygen atoms in total. The first-order valence-corrected chi connectivity index (χ1v) is 7.41. The molecule has 2 aromatic carbocycles. The first kappa shape index (κ1) is 14.8. The number of allylic oxidation sites excluding steroid dienone is 3. The molecule has 0 aliphatic rings. The maximum atomic E-state index is 11.7. The smallest absolute Gasteiger partial charge is 0.248 e. The van der Waals surface area contributed by atoms with Gasteiger partial charge in [0.15, 0.2) is 0 Å². The number of anilines is 1. The van der Waals surface area contributed by atoms with Gasteiger partial charge >= 0.3 is 0 Å². The number of fused-ring (bicyclic) bond motifs is 1. The van der Waals surface area contributed by atoms with Crippen molar-refractivity contribution in [3.63, 3.8) is 0 Å². The molecule has 0 aliphatic carbocycles. The maximum Gasteiger partial charge on any atom is 0.248 e. The van der Waals surface area contributed by atoms with Crippen molar-refractivity contribution in [1.29, 1.82) is 0 Å². The molecule has 1 amide bonds. The van der Waals surface area contributed by atoms with Crippen molar-refractivity contribution in [2.75, 3.05) is 5.32 Å². The van der Waals surface area contributed by atoms with Gasteiger partial charge in [-0.1, -0.05) is 30.4 Å². The van der Waals surface area contributed by atoms with Gasteiger partial charge in [-0.2, -0.15) is 0 Å². The minimum atomic E-state index is -0.149. The number of hydrogen-bond acceptors (Lipinski definition) is 2. The Hall–Kier alpha value is -3.14. The summed E-state index contributed by atoms with van der Waals surface area (Å²) in [5.74, 6) is -0.149. The van der Waals surface area contributed by atoms with Crippen molar-refractivity contribution in [2.24, 2.45) is 0 Å². The third kappa shape index (κ3) is 3.37.